The van der Waals surface area contributed by atoms with Crippen molar-refractivity contribution in [1.82, 2.24) is 15.1 Å². The van der Waals surface area contributed by atoms with Crippen molar-refractivity contribution in [2.24, 2.45) is 5.73 Å². The summed E-state index contributed by atoms with van der Waals surface area (Å²) in [6.45, 7) is 3.02. The molecule has 2 unspecified atom stereocenters. The second-order valence-corrected chi connectivity index (χ2v) is 9.47. The minimum absolute atomic E-state index is 0.0187. The summed E-state index contributed by atoms with van der Waals surface area (Å²) in [4.78, 5) is 30.3. The summed E-state index contributed by atoms with van der Waals surface area (Å²) in [5.41, 5.74) is 6.91. The van der Waals surface area contributed by atoms with Gasteiger partial charge in [0.25, 0.3) is 5.91 Å². The molecule has 2 aromatic rings. The topological polar surface area (TPSA) is 87.9 Å². The second-order valence-electron chi connectivity index (χ2n) is 9.47. The third-order valence-electron chi connectivity index (χ3n) is 6.95. The van der Waals surface area contributed by atoms with Gasteiger partial charge in [0.2, 0.25) is 5.91 Å². The molecule has 0 radical (unpaired) electrons. The van der Waals surface area contributed by atoms with Crippen molar-refractivity contribution in [1.29, 1.82) is 0 Å². The number of nitrogens with one attached hydrogen (secondary N) is 1. The van der Waals surface area contributed by atoms with E-state index in [1.165, 1.54) is 36.4 Å². The molecule has 9 heteroatoms. The molecule has 0 spiro atoms. The van der Waals surface area contributed by atoms with E-state index in [0.717, 1.165) is 25.0 Å². The first-order chi connectivity index (χ1) is 17.4. The highest BCUT2D eigenvalue weighted by molar-refractivity contribution is 5.97. The van der Waals surface area contributed by atoms with Gasteiger partial charge in [0, 0.05) is 50.9 Å². The molecule has 2 saturated heterocycles. The van der Waals surface area contributed by atoms with E-state index in [9.17, 15) is 18.4 Å². The van der Waals surface area contributed by atoms with Crippen LogP contribution in [-0.4, -0.2) is 72.6 Å². The zero-order valence-corrected chi connectivity index (χ0v) is 20.4. The maximum atomic E-state index is 13.5. The van der Waals surface area contributed by atoms with Crippen LogP contribution in [0.5, 0.6) is 0 Å². The highest BCUT2D eigenvalue weighted by Crippen LogP contribution is 2.27. The second kappa shape index (κ2) is 12.4. The van der Waals surface area contributed by atoms with Gasteiger partial charge in [0.15, 0.2) is 0 Å². The van der Waals surface area contributed by atoms with Crippen LogP contribution in [0.3, 0.4) is 0 Å². The molecule has 2 aromatic carbocycles. The SMILES string of the molecule is NCCNC(=O)[C@H]1CC(N(Cc2ccc(F)cc2)CC2CCCO2)CCN1C(=O)c1ccc(F)cc1. The quantitative estimate of drug-likeness (QED) is 0.553. The molecule has 2 aliphatic heterocycles. The Labute approximate surface area is 210 Å². The van der Waals surface area contributed by atoms with Crippen LogP contribution in [0.2, 0.25) is 0 Å². The number of nitrogens with two attached hydrogens (primary N) is 1. The Morgan fingerprint density at radius 2 is 1.75 bits per heavy atom. The summed E-state index contributed by atoms with van der Waals surface area (Å²) in [6, 6.07) is 11.2. The van der Waals surface area contributed by atoms with E-state index >= 15 is 0 Å². The van der Waals surface area contributed by atoms with Crippen LogP contribution in [0, 0.1) is 11.6 Å². The van der Waals surface area contributed by atoms with Crippen molar-refractivity contribution >= 4 is 11.8 Å². The van der Waals surface area contributed by atoms with Gasteiger partial charge >= 0.3 is 0 Å². The maximum Gasteiger partial charge on any atom is 0.254 e. The lowest BCUT2D eigenvalue weighted by Crippen LogP contribution is -2.58. The highest BCUT2D eigenvalue weighted by atomic mass is 19.1. The fraction of sp³-hybridized carbons (Fsp3) is 0.481. The predicted octanol–water partition coefficient (Wildman–Crippen LogP) is 2.69. The molecule has 2 heterocycles. The minimum atomic E-state index is -0.687. The molecule has 0 aliphatic carbocycles. The summed E-state index contributed by atoms with van der Waals surface area (Å²) in [6.07, 6.45) is 3.21. The van der Waals surface area contributed by atoms with Crippen LogP contribution in [0.1, 0.15) is 41.6 Å². The number of ether oxygens (including phenoxy) is 1. The van der Waals surface area contributed by atoms with Gasteiger partial charge in [-0.15, -0.1) is 0 Å². The summed E-state index contributed by atoms with van der Waals surface area (Å²) < 4.78 is 32.8. The predicted molar refractivity (Wildman–Crippen MR) is 132 cm³/mol. The van der Waals surface area contributed by atoms with E-state index in [1.807, 2.05) is 0 Å². The van der Waals surface area contributed by atoms with Crippen molar-refractivity contribution in [2.45, 2.75) is 50.4 Å². The molecule has 0 aromatic heterocycles. The Hall–Kier alpha value is -2.88. The number of hydrogen-bond acceptors (Lipinski definition) is 5. The number of rotatable bonds is 9. The Bertz CT molecular complexity index is 1010. The molecule has 2 aliphatic rings. The number of halogens is 2. The summed E-state index contributed by atoms with van der Waals surface area (Å²) in [5, 5.41) is 2.83. The van der Waals surface area contributed by atoms with Crippen molar-refractivity contribution in [3.05, 3.63) is 71.3 Å². The standard InChI is InChI=1S/C27H34F2N4O3/c28-21-7-3-19(4-8-21)17-32(18-24-2-1-15-36-24)23-11-14-33(25(16-23)26(34)31-13-12-30)27(35)20-5-9-22(29)10-6-20/h3-10,23-25H,1-2,11-18,30H2,(H,31,34)/t23?,24?,25-/m1/s1. The zero-order valence-electron chi connectivity index (χ0n) is 20.4. The number of likely N-dealkylation sites (tertiary alicyclic amines) is 1. The number of carbonyl (C=O) groups excluding carboxylic acids is 2. The van der Waals surface area contributed by atoms with Gasteiger partial charge in [-0.3, -0.25) is 14.5 Å². The average Bonchev–Trinajstić information content (AvgIpc) is 3.41. The normalized spacial score (nSPS) is 22.1. The largest absolute Gasteiger partial charge is 0.377 e. The third kappa shape index (κ3) is 6.66. The van der Waals surface area contributed by atoms with E-state index < -0.39 is 11.9 Å². The maximum absolute atomic E-state index is 13.5. The van der Waals surface area contributed by atoms with Crippen LogP contribution >= 0.6 is 0 Å². The van der Waals surface area contributed by atoms with E-state index in [-0.39, 0.29) is 29.8 Å². The summed E-state index contributed by atoms with van der Waals surface area (Å²) in [7, 11) is 0. The summed E-state index contributed by atoms with van der Waals surface area (Å²) >= 11 is 0. The van der Waals surface area contributed by atoms with Gasteiger partial charge in [-0.2, -0.15) is 0 Å². The molecule has 0 bridgehead atoms. The molecule has 3 N–H and O–H groups in total. The van der Waals surface area contributed by atoms with Crippen LogP contribution < -0.4 is 11.1 Å². The average molecular weight is 501 g/mol. The lowest BCUT2D eigenvalue weighted by Gasteiger charge is -2.43. The molecule has 3 atom stereocenters. The summed E-state index contributed by atoms with van der Waals surface area (Å²) in [5.74, 6) is -1.26. The Kier molecular flexibility index (Phi) is 9.01. The van der Waals surface area contributed by atoms with Gasteiger partial charge in [-0.1, -0.05) is 12.1 Å². The lowest BCUT2D eigenvalue weighted by atomic mass is 9.93. The van der Waals surface area contributed by atoms with E-state index in [4.69, 9.17) is 10.5 Å². The Morgan fingerprint density at radius 1 is 1.06 bits per heavy atom. The molecule has 7 nitrogen and oxygen atoms in total. The molecular weight excluding hydrogens is 466 g/mol. The van der Waals surface area contributed by atoms with Crippen molar-refractivity contribution < 1.29 is 23.1 Å². The number of benzene rings is 2. The molecule has 2 amide bonds. The number of nitrogens with zero attached hydrogens (tertiary/aromatic N) is 2. The van der Waals surface area contributed by atoms with Crippen molar-refractivity contribution in [2.75, 3.05) is 32.8 Å². The first-order valence-corrected chi connectivity index (χ1v) is 12.6. The minimum Gasteiger partial charge on any atom is -0.377 e. The number of amides is 2. The van der Waals surface area contributed by atoms with Crippen LogP contribution in [0.25, 0.3) is 0 Å². The van der Waals surface area contributed by atoms with Gasteiger partial charge in [0.1, 0.15) is 17.7 Å². The fourth-order valence-electron chi connectivity index (χ4n) is 5.06. The highest BCUT2D eigenvalue weighted by Gasteiger charge is 2.39. The molecule has 36 heavy (non-hydrogen) atoms. The molecule has 0 saturated carbocycles. The van der Waals surface area contributed by atoms with Crippen LogP contribution in [0.15, 0.2) is 48.5 Å². The first-order valence-electron chi connectivity index (χ1n) is 12.6. The molecular formula is C27H34F2N4O3. The zero-order chi connectivity index (χ0) is 25.5. The van der Waals surface area contributed by atoms with Crippen molar-refractivity contribution in [3.8, 4) is 0 Å². The Balaban J connectivity index is 1.55. The van der Waals surface area contributed by atoms with E-state index in [1.54, 1.807) is 17.0 Å². The lowest BCUT2D eigenvalue weighted by molar-refractivity contribution is -0.127. The van der Waals surface area contributed by atoms with Crippen LogP contribution in [-0.2, 0) is 16.1 Å². The molecule has 194 valence electrons. The monoisotopic (exact) mass is 500 g/mol. The Morgan fingerprint density at radius 3 is 2.39 bits per heavy atom. The molecule has 4 rings (SSSR count). The number of carbonyl (C=O) groups is 2. The van der Waals surface area contributed by atoms with Gasteiger partial charge < -0.3 is 20.7 Å². The van der Waals surface area contributed by atoms with E-state index in [2.05, 4.69) is 10.2 Å². The number of hydrogen-bond donors (Lipinski definition) is 2. The van der Waals surface area contributed by atoms with Gasteiger partial charge in [0.05, 0.1) is 6.10 Å². The van der Waals surface area contributed by atoms with Gasteiger partial charge in [-0.05, 0) is 67.6 Å². The molecule has 2 fully saturated rings. The number of piperidine rings is 1. The smallest absolute Gasteiger partial charge is 0.254 e. The van der Waals surface area contributed by atoms with Crippen LogP contribution in [0.4, 0.5) is 8.78 Å². The van der Waals surface area contributed by atoms with E-state index in [0.29, 0.717) is 51.1 Å². The first kappa shape index (κ1) is 26.2. The van der Waals surface area contributed by atoms with Gasteiger partial charge in [-0.25, -0.2) is 8.78 Å². The third-order valence-corrected chi connectivity index (χ3v) is 6.95. The fourth-order valence-corrected chi connectivity index (χ4v) is 5.06. The van der Waals surface area contributed by atoms with Crippen molar-refractivity contribution in [3.63, 3.8) is 0 Å².